The van der Waals surface area contributed by atoms with Crippen molar-refractivity contribution in [2.75, 3.05) is 0 Å². The third-order valence-corrected chi connectivity index (χ3v) is 3.36. The number of nitrogens with one attached hydrogen (secondary N) is 2. The summed E-state index contributed by atoms with van der Waals surface area (Å²) < 4.78 is 75.6. The highest BCUT2D eigenvalue weighted by atomic mass is 35.5. The fraction of sp³-hybridized carbons (Fsp3) is 0.364. The summed E-state index contributed by atoms with van der Waals surface area (Å²) in [6.07, 6.45) is -11.1. The van der Waals surface area contributed by atoms with Crippen LogP contribution in [0.3, 0.4) is 0 Å². The fourth-order valence-electron chi connectivity index (χ4n) is 1.93. The molecule has 1 atom stereocenters. The van der Waals surface area contributed by atoms with Crippen molar-refractivity contribution in [1.82, 2.24) is 9.97 Å². The second-order valence-corrected chi connectivity index (χ2v) is 4.82. The zero-order chi connectivity index (χ0) is 16.0. The summed E-state index contributed by atoms with van der Waals surface area (Å²) in [6, 6.07) is 3.17. The van der Waals surface area contributed by atoms with Gasteiger partial charge in [-0.15, -0.1) is 11.6 Å². The van der Waals surface area contributed by atoms with E-state index in [4.69, 9.17) is 11.6 Å². The molecule has 1 aromatic heterocycles. The molecule has 0 bridgehead atoms. The minimum atomic E-state index is -5.54. The van der Waals surface area contributed by atoms with Crippen LogP contribution in [0.5, 0.6) is 0 Å². The topological polar surface area (TPSA) is 48.6 Å². The SMILES string of the molecule is O=c1[nH]c2ccc(C(Cl)C(C(F)(F)F)C(F)(F)F)cc2[nH]1. The van der Waals surface area contributed by atoms with Crippen LogP contribution in [0.25, 0.3) is 11.0 Å². The molecule has 1 unspecified atom stereocenters. The molecule has 2 rings (SSSR count). The maximum atomic E-state index is 12.6. The van der Waals surface area contributed by atoms with Gasteiger partial charge in [-0.05, 0) is 17.7 Å². The Hall–Kier alpha value is -1.64. The molecule has 116 valence electrons. The molecule has 1 aromatic carbocycles. The summed E-state index contributed by atoms with van der Waals surface area (Å²) in [6.45, 7) is 0. The number of hydrogen-bond donors (Lipinski definition) is 2. The molecule has 21 heavy (non-hydrogen) atoms. The Morgan fingerprint density at radius 1 is 0.952 bits per heavy atom. The van der Waals surface area contributed by atoms with E-state index in [-0.39, 0.29) is 16.6 Å². The molecule has 0 aliphatic carbocycles. The summed E-state index contributed by atoms with van der Waals surface area (Å²) in [5, 5.41) is -2.35. The molecule has 2 aromatic rings. The molecular weight excluding hydrogens is 326 g/mol. The van der Waals surface area contributed by atoms with E-state index < -0.39 is 29.3 Å². The first-order chi connectivity index (χ1) is 9.50. The van der Waals surface area contributed by atoms with Gasteiger partial charge in [-0.3, -0.25) is 0 Å². The highest BCUT2D eigenvalue weighted by Crippen LogP contribution is 2.49. The molecule has 0 aliphatic rings. The molecule has 0 saturated carbocycles. The maximum Gasteiger partial charge on any atom is 0.402 e. The van der Waals surface area contributed by atoms with Gasteiger partial charge < -0.3 is 9.97 Å². The number of halogens is 7. The van der Waals surface area contributed by atoms with Crippen molar-refractivity contribution in [3.8, 4) is 0 Å². The third-order valence-electron chi connectivity index (χ3n) is 2.86. The van der Waals surface area contributed by atoms with Gasteiger partial charge in [0.1, 0.15) is 0 Å². The van der Waals surface area contributed by atoms with E-state index >= 15 is 0 Å². The van der Waals surface area contributed by atoms with Crippen LogP contribution in [0.1, 0.15) is 10.9 Å². The number of aromatic nitrogens is 2. The molecule has 3 nitrogen and oxygen atoms in total. The summed E-state index contributed by atoms with van der Waals surface area (Å²) in [5.74, 6) is -3.70. The van der Waals surface area contributed by atoms with Gasteiger partial charge in [0.05, 0.1) is 16.4 Å². The highest BCUT2D eigenvalue weighted by molar-refractivity contribution is 6.21. The average Bonchev–Trinajstić information content (AvgIpc) is 2.63. The van der Waals surface area contributed by atoms with E-state index in [1.807, 2.05) is 0 Å². The van der Waals surface area contributed by atoms with Crippen LogP contribution < -0.4 is 5.69 Å². The second-order valence-electron chi connectivity index (χ2n) is 4.35. The predicted molar refractivity (Wildman–Crippen MR) is 63.1 cm³/mol. The minimum Gasteiger partial charge on any atom is -0.306 e. The van der Waals surface area contributed by atoms with E-state index in [0.29, 0.717) is 0 Å². The van der Waals surface area contributed by atoms with Gasteiger partial charge in [0.2, 0.25) is 0 Å². The lowest BCUT2D eigenvalue weighted by molar-refractivity contribution is -0.284. The lowest BCUT2D eigenvalue weighted by Gasteiger charge is -2.27. The van der Waals surface area contributed by atoms with E-state index in [1.54, 1.807) is 0 Å². The third kappa shape index (κ3) is 3.17. The molecular formula is C11H7ClF6N2O. The first-order valence-corrected chi connectivity index (χ1v) is 5.93. The van der Waals surface area contributed by atoms with Gasteiger partial charge in [0.25, 0.3) is 0 Å². The summed E-state index contributed by atoms with van der Waals surface area (Å²) in [4.78, 5) is 15.6. The van der Waals surface area contributed by atoms with Crippen LogP contribution in [0.2, 0.25) is 0 Å². The van der Waals surface area contributed by atoms with Crippen LogP contribution in [0.15, 0.2) is 23.0 Å². The Balaban J connectivity index is 2.47. The molecule has 0 amide bonds. The summed E-state index contributed by atoms with van der Waals surface area (Å²) >= 11 is 5.41. The van der Waals surface area contributed by atoms with Crippen molar-refractivity contribution in [2.45, 2.75) is 17.7 Å². The fourth-order valence-corrected chi connectivity index (χ4v) is 2.35. The van der Waals surface area contributed by atoms with Crippen LogP contribution in [-0.2, 0) is 0 Å². The van der Waals surface area contributed by atoms with E-state index in [2.05, 4.69) is 9.97 Å². The van der Waals surface area contributed by atoms with Crippen molar-refractivity contribution in [2.24, 2.45) is 5.92 Å². The van der Waals surface area contributed by atoms with Gasteiger partial charge in [-0.1, -0.05) is 6.07 Å². The van der Waals surface area contributed by atoms with Gasteiger partial charge in [0.15, 0.2) is 5.92 Å². The second kappa shape index (κ2) is 4.97. The van der Waals surface area contributed by atoms with Crippen LogP contribution in [-0.4, -0.2) is 22.3 Å². The van der Waals surface area contributed by atoms with Crippen molar-refractivity contribution < 1.29 is 26.3 Å². The van der Waals surface area contributed by atoms with Crippen molar-refractivity contribution in [1.29, 1.82) is 0 Å². The Kier molecular flexibility index (Phi) is 3.73. The predicted octanol–water partition coefficient (Wildman–Crippen LogP) is 3.88. The zero-order valence-electron chi connectivity index (χ0n) is 9.94. The Morgan fingerprint density at radius 2 is 1.48 bits per heavy atom. The van der Waals surface area contributed by atoms with Crippen LogP contribution in [0, 0.1) is 5.92 Å². The number of aromatic amines is 2. The van der Waals surface area contributed by atoms with Gasteiger partial charge >= 0.3 is 18.0 Å². The lowest BCUT2D eigenvalue weighted by atomic mass is 9.97. The smallest absolute Gasteiger partial charge is 0.306 e. The van der Waals surface area contributed by atoms with Gasteiger partial charge in [-0.2, -0.15) is 26.3 Å². The number of H-pyrrole nitrogens is 2. The van der Waals surface area contributed by atoms with E-state index in [1.165, 1.54) is 6.07 Å². The first-order valence-electron chi connectivity index (χ1n) is 5.49. The molecule has 0 saturated heterocycles. The molecule has 0 fully saturated rings. The highest BCUT2D eigenvalue weighted by Gasteiger charge is 2.60. The number of hydrogen-bond acceptors (Lipinski definition) is 1. The normalized spacial score (nSPS) is 14.9. The number of fused-ring (bicyclic) bond motifs is 1. The molecule has 2 N–H and O–H groups in total. The number of benzene rings is 1. The number of imidazole rings is 1. The number of rotatable bonds is 2. The van der Waals surface area contributed by atoms with Gasteiger partial charge in [0, 0.05) is 0 Å². The van der Waals surface area contributed by atoms with Crippen LogP contribution in [0.4, 0.5) is 26.3 Å². The summed E-state index contributed by atoms with van der Waals surface area (Å²) in [7, 11) is 0. The first kappa shape index (κ1) is 15.7. The molecule has 0 spiro atoms. The van der Waals surface area contributed by atoms with Crippen LogP contribution >= 0.6 is 11.6 Å². The lowest BCUT2D eigenvalue weighted by Crippen LogP contribution is -2.39. The van der Waals surface area contributed by atoms with E-state index in [9.17, 15) is 31.1 Å². The Bertz CT molecular complexity index is 687. The zero-order valence-corrected chi connectivity index (χ0v) is 10.7. The maximum absolute atomic E-state index is 12.6. The molecule has 10 heteroatoms. The molecule has 0 aliphatic heterocycles. The van der Waals surface area contributed by atoms with Crippen molar-refractivity contribution >= 4 is 22.6 Å². The number of alkyl halides is 7. The summed E-state index contributed by atoms with van der Waals surface area (Å²) in [5.41, 5.74) is -0.690. The molecule has 1 heterocycles. The van der Waals surface area contributed by atoms with Gasteiger partial charge in [-0.25, -0.2) is 4.79 Å². The molecule has 0 radical (unpaired) electrons. The van der Waals surface area contributed by atoms with E-state index in [0.717, 1.165) is 12.1 Å². The minimum absolute atomic E-state index is 0.0752. The quantitative estimate of drug-likeness (QED) is 0.636. The standard InChI is InChI=1S/C11H7ClF6N2O/c12-7(8(10(13,14)15)11(16,17)18)4-1-2-5-6(3-4)20-9(21)19-5/h1-3,7-8H,(H2,19,20,21). The van der Waals surface area contributed by atoms with Crippen molar-refractivity contribution in [3.63, 3.8) is 0 Å². The monoisotopic (exact) mass is 332 g/mol. The Morgan fingerprint density at radius 3 is 2.00 bits per heavy atom. The largest absolute Gasteiger partial charge is 0.402 e. The Labute approximate surface area is 117 Å². The van der Waals surface area contributed by atoms with Crippen molar-refractivity contribution in [3.05, 3.63) is 34.2 Å². The average molecular weight is 333 g/mol.